The Bertz CT molecular complexity index is 766. The Hall–Kier alpha value is -2.81. The molecule has 1 aromatic carbocycles. The van der Waals surface area contributed by atoms with Crippen molar-refractivity contribution in [1.29, 1.82) is 0 Å². The topological polar surface area (TPSA) is 103 Å². The average molecular weight is 395 g/mol. The highest BCUT2D eigenvalue weighted by atomic mass is 19.3. The van der Waals surface area contributed by atoms with E-state index >= 15 is 0 Å². The number of halogens is 2. The second-order valence-electron chi connectivity index (χ2n) is 6.45. The molecule has 1 rings (SSSR count). The number of nitrogens with one attached hydrogen (secondary N) is 1. The van der Waals surface area contributed by atoms with Crippen molar-refractivity contribution in [3.63, 3.8) is 0 Å². The van der Waals surface area contributed by atoms with E-state index in [4.69, 9.17) is 5.73 Å². The molecule has 0 spiro atoms. The van der Waals surface area contributed by atoms with Crippen molar-refractivity contribution in [3.8, 4) is 0 Å². The fraction of sp³-hybridized carbons (Fsp3) is 0.421. The van der Waals surface area contributed by atoms with E-state index in [2.05, 4.69) is 15.3 Å². The highest BCUT2D eigenvalue weighted by Gasteiger charge is 2.24. The maximum Gasteiger partial charge on any atom is 0.270 e. The van der Waals surface area contributed by atoms with Crippen LogP contribution in [0.15, 0.2) is 45.5 Å². The number of amidine groups is 1. The summed E-state index contributed by atoms with van der Waals surface area (Å²) in [6.45, 7) is 2.05. The molecule has 1 unspecified atom stereocenters. The minimum atomic E-state index is -2.93. The summed E-state index contributed by atoms with van der Waals surface area (Å²) in [5.41, 5.74) is 6.25. The van der Waals surface area contributed by atoms with E-state index in [1.807, 2.05) is 0 Å². The van der Waals surface area contributed by atoms with Crippen molar-refractivity contribution < 1.29 is 18.7 Å². The van der Waals surface area contributed by atoms with Gasteiger partial charge in [-0.25, -0.2) is 8.78 Å². The Morgan fingerprint density at radius 2 is 1.93 bits per heavy atom. The monoisotopic (exact) mass is 395 g/mol. The predicted octanol–water partition coefficient (Wildman–Crippen LogP) is 1.80. The van der Waals surface area contributed by atoms with Crippen molar-refractivity contribution in [2.45, 2.75) is 25.8 Å². The number of rotatable bonds is 6. The lowest BCUT2D eigenvalue weighted by molar-refractivity contribution is -0.104. The number of benzene rings is 1. The SMILES string of the molecule is CN=C(NC(=NC(C)c1ccc(C(C)(F)F)cc1)C(C=O)=C(N)CO)N(C)C. The molecule has 0 bridgehead atoms. The fourth-order valence-corrected chi connectivity index (χ4v) is 2.33. The third-order valence-corrected chi connectivity index (χ3v) is 3.98. The summed E-state index contributed by atoms with van der Waals surface area (Å²) >= 11 is 0. The number of aliphatic hydroxyl groups excluding tert-OH is 1. The van der Waals surface area contributed by atoms with Crippen LogP contribution in [0.4, 0.5) is 8.78 Å². The first-order chi connectivity index (χ1) is 13.0. The molecule has 0 aromatic heterocycles. The van der Waals surface area contributed by atoms with Crippen LogP contribution in [-0.4, -0.2) is 55.8 Å². The predicted molar refractivity (Wildman–Crippen MR) is 106 cm³/mol. The molecular formula is C19H27F2N5O2. The summed E-state index contributed by atoms with van der Waals surface area (Å²) in [6, 6.07) is 5.30. The quantitative estimate of drug-likeness (QED) is 0.295. The van der Waals surface area contributed by atoms with Crippen LogP contribution in [0.3, 0.4) is 0 Å². The van der Waals surface area contributed by atoms with Gasteiger partial charge in [0.05, 0.1) is 18.2 Å². The second-order valence-corrected chi connectivity index (χ2v) is 6.45. The van der Waals surface area contributed by atoms with E-state index in [-0.39, 0.29) is 22.7 Å². The van der Waals surface area contributed by atoms with Gasteiger partial charge in [-0.3, -0.25) is 14.8 Å². The molecule has 7 nitrogen and oxygen atoms in total. The van der Waals surface area contributed by atoms with Gasteiger partial charge in [-0.05, 0) is 12.5 Å². The largest absolute Gasteiger partial charge is 0.399 e. The van der Waals surface area contributed by atoms with Crippen molar-refractivity contribution >= 4 is 18.1 Å². The van der Waals surface area contributed by atoms with Gasteiger partial charge in [0.15, 0.2) is 12.2 Å². The van der Waals surface area contributed by atoms with Gasteiger partial charge in [0, 0.05) is 39.3 Å². The van der Waals surface area contributed by atoms with E-state index in [0.29, 0.717) is 17.8 Å². The molecule has 0 aliphatic carbocycles. The van der Waals surface area contributed by atoms with Gasteiger partial charge >= 0.3 is 0 Å². The maximum absolute atomic E-state index is 13.4. The van der Waals surface area contributed by atoms with Gasteiger partial charge in [0.25, 0.3) is 5.92 Å². The highest BCUT2D eigenvalue weighted by molar-refractivity contribution is 6.19. The standard InChI is InChI=1S/C19H27F2N5O2/c1-12(13-6-8-14(9-7-13)19(2,20)21)24-17(15(10-27)16(22)11-28)25-18(23-3)26(4)5/h6-10,12,28H,11,22H2,1-5H3,(H,23,24,25). The van der Waals surface area contributed by atoms with E-state index in [1.54, 1.807) is 45.1 Å². The first kappa shape index (κ1) is 23.2. The third kappa shape index (κ3) is 6.12. The number of aldehydes is 1. The van der Waals surface area contributed by atoms with Gasteiger partial charge in [0.2, 0.25) is 0 Å². The highest BCUT2D eigenvalue weighted by Crippen LogP contribution is 2.28. The molecule has 0 aliphatic rings. The van der Waals surface area contributed by atoms with Gasteiger partial charge in [-0.15, -0.1) is 0 Å². The molecule has 0 saturated heterocycles. The molecular weight excluding hydrogens is 368 g/mol. The minimum Gasteiger partial charge on any atom is -0.399 e. The lowest BCUT2D eigenvalue weighted by Crippen LogP contribution is -2.42. The van der Waals surface area contributed by atoms with Crippen LogP contribution in [0.2, 0.25) is 0 Å². The Balaban J connectivity index is 3.35. The summed E-state index contributed by atoms with van der Waals surface area (Å²) in [4.78, 5) is 21.8. The molecule has 0 radical (unpaired) electrons. The minimum absolute atomic E-state index is 0.00550. The van der Waals surface area contributed by atoms with Gasteiger partial charge in [-0.2, -0.15) is 0 Å². The zero-order valence-corrected chi connectivity index (χ0v) is 16.7. The molecule has 1 atom stereocenters. The molecule has 0 saturated carbocycles. The number of carbonyl (C=O) groups is 1. The second kappa shape index (κ2) is 9.93. The average Bonchev–Trinajstić information content (AvgIpc) is 2.65. The summed E-state index contributed by atoms with van der Waals surface area (Å²) in [7, 11) is 5.06. The smallest absolute Gasteiger partial charge is 0.270 e. The van der Waals surface area contributed by atoms with Crippen LogP contribution < -0.4 is 11.1 Å². The van der Waals surface area contributed by atoms with Crippen molar-refractivity contribution in [2.75, 3.05) is 27.7 Å². The summed E-state index contributed by atoms with van der Waals surface area (Å²) in [6.07, 6.45) is 0.494. The first-order valence-electron chi connectivity index (χ1n) is 8.57. The van der Waals surface area contributed by atoms with Crippen LogP contribution in [0, 0.1) is 0 Å². The van der Waals surface area contributed by atoms with E-state index in [0.717, 1.165) is 6.92 Å². The van der Waals surface area contributed by atoms with E-state index < -0.39 is 18.6 Å². The van der Waals surface area contributed by atoms with Gasteiger partial charge < -0.3 is 21.1 Å². The molecule has 0 aliphatic heterocycles. The summed E-state index contributed by atoms with van der Waals surface area (Å²) in [5, 5.41) is 12.2. The Labute approximate surface area is 163 Å². The van der Waals surface area contributed by atoms with E-state index in [9.17, 15) is 18.7 Å². The lowest BCUT2D eigenvalue weighted by atomic mass is 10.0. The number of nitrogens with zero attached hydrogens (tertiary/aromatic N) is 3. The number of hydrogen-bond acceptors (Lipinski definition) is 5. The maximum atomic E-state index is 13.4. The Kier molecular flexibility index (Phi) is 8.24. The molecule has 9 heteroatoms. The normalized spacial score (nSPS) is 15.0. The van der Waals surface area contributed by atoms with Gasteiger partial charge in [0.1, 0.15) is 5.84 Å². The number of carbonyl (C=O) groups excluding carboxylic acids is 1. The molecule has 0 heterocycles. The number of alkyl halides is 2. The summed E-state index contributed by atoms with van der Waals surface area (Å²) < 4.78 is 26.8. The number of guanidine groups is 1. The van der Waals surface area contributed by atoms with Crippen LogP contribution in [0.1, 0.15) is 31.0 Å². The first-order valence-corrected chi connectivity index (χ1v) is 8.57. The Morgan fingerprint density at radius 3 is 2.32 bits per heavy atom. The van der Waals surface area contributed by atoms with E-state index in [1.165, 1.54) is 12.1 Å². The van der Waals surface area contributed by atoms with Crippen molar-refractivity contribution in [1.82, 2.24) is 10.2 Å². The lowest BCUT2D eigenvalue weighted by Gasteiger charge is -2.20. The molecule has 154 valence electrons. The zero-order valence-electron chi connectivity index (χ0n) is 16.7. The zero-order chi connectivity index (χ0) is 21.5. The van der Waals surface area contributed by atoms with Crippen LogP contribution in [0.5, 0.6) is 0 Å². The number of aliphatic hydroxyl groups is 1. The Morgan fingerprint density at radius 1 is 1.36 bits per heavy atom. The van der Waals surface area contributed by atoms with Crippen molar-refractivity contribution in [2.24, 2.45) is 15.7 Å². The van der Waals surface area contributed by atoms with Crippen molar-refractivity contribution in [3.05, 3.63) is 46.7 Å². The number of hydrogen-bond donors (Lipinski definition) is 3. The van der Waals surface area contributed by atoms with Crippen LogP contribution in [0.25, 0.3) is 0 Å². The fourth-order valence-electron chi connectivity index (χ4n) is 2.33. The third-order valence-electron chi connectivity index (χ3n) is 3.98. The molecule has 4 N–H and O–H groups in total. The summed E-state index contributed by atoms with van der Waals surface area (Å²) in [5.74, 6) is -2.40. The van der Waals surface area contributed by atoms with Crippen LogP contribution >= 0.6 is 0 Å². The number of aliphatic imine (C=N–C) groups is 2. The molecule has 0 amide bonds. The molecule has 1 aromatic rings. The number of nitrogens with two attached hydrogens (primary N) is 1. The van der Waals surface area contributed by atoms with Crippen LogP contribution in [-0.2, 0) is 10.7 Å². The molecule has 0 fully saturated rings. The van der Waals surface area contributed by atoms with Gasteiger partial charge in [-0.1, -0.05) is 24.3 Å². The molecule has 28 heavy (non-hydrogen) atoms.